The van der Waals surface area contributed by atoms with E-state index in [1.54, 1.807) is 4.31 Å². The SMILES string of the molecule is CCN1CCCS1(=N)=O. The first kappa shape index (κ1) is 7.02. The summed E-state index contributed by atoms with van der Waals surface area (Å²) in [7, 11) is -2.30. The van der Waals surface area contributed by atoms with Crippen LogP contribution in [0.2, 0.25) is 0 Å². The summed E-state index contributed by atoms with van der Waals surface area (Å²) < 4.78 is 20.2. The van der Waals surface area contributed by atoms with Crippen LogP contribution < -0.4 is 0 Å². The highest BCUT2D eigenvalue weighted by Gasteiger charge is 2.22. The van der Waals surface area contributed by atoms with Crippen LogP contribution in [0.15, 0.2) is 0 Å². The normalized spacial score (nSPS) is 37.4. The smallest absolute Gasteiger partial charge is 0.107 e. The molecular formula is C5H12N2OS. The minimum Gasteiger partial charge on any atom is -0.240 e. The molecule has 1 aliphatic rings. The predicted octanol–water partition coefficient (Wildman–Crippen LogP) is 0.674. The summed E-state index contributed by atoms with van der Waals surface area (Å²) in [6, 6.07) is 0. The van der Waals surface area contributed by atoms with Gasteiger partial charge in [0.25, 0.3) is 0 Å². The van der Waals surface area contributed by atoms with E-state index in [1.807, 2.05) is 6.92 Å². The molecule has 0 aromatic rings. The second-order valence-electron chi connectivity index (χ2n) is 2.22. The number of hydrogen-bond acceptors (Lipinski definition) is 2. The molecule has 1 aliphatic heterocycles. The van der Waals surface area contributed by atoms with Crippen molar-refractivity contribution >= 4 is 9.92 Å². The third-order valence-electron chi connectivity index (χ3n) is 1.60. The molecule has 1 unspecified atom stereocenters. The largest absolute Gasteiger partial charge is 0.240 e. The molecule has 0 amide bonds. The molecule has 1 atom stereocenters. The van der Waals surface area contributed by atoms with Gasteiger partial charge in [0.15, 0.2) is 0 Å². The Labute approximate surface area is 56.2 Å². The molecule has 0 aliphatic carbocycles. The molecule has 0 spiro atoms. The molecule has 0 aromatic carbocycles. The van der Waals surface area contributed by atoms with Gasteiger partial charge in [0.2, 0.25) is 0 Å². The lowest BCUT2D eigenvalue weighted by Crippen LogP contribution is -2.23. The molecule has 1 rings (SSSR count). The number of rotatable bonds is 1. The van der Waals surface area contributed by atoms with Gasteiger partial charge in [0.05, 0.1) is 0 Å². The Balaban J connectivity index is 2.75. The second-order valence-corrected chi connectivity index (χ2v) is 4.43. The highest BCUT2D eigenvalue weighted by molar-refractivity contribution is 7.90. The van der Waals surface area contributed by atoms with Crippen LogP contribution >= 0.6 is 0 Å². The second kappa shape index (κ2) is 2.27. The quantitative estimate of drug-likeness (QED) is 0.583. The van der Waals surface area contributed by atoms with Crippen LogP contribution in [0.5, 0.6) is 0 Å². The molecule has 0 bridgehead atoms. The van der Waals surface area contributed by atoms with Crippen LogP contribution in [0.4, 0.5) is 0 Å². The topological polar surface area (TPSA) is 44.2 Å². The number of hydrogen-bond donors (Lipinski definition) is 1. The van der Waals surface area contributed by atoms with E-state index in [0.29, 0.717) is 5.75 Å². The highest BCUT2D eigenvalue weighted by Crippen LogP contribution is 2.12. The van der Waals surface area contributed by atoms with Gasteiger partial charge in [0, 0.05) is 18.8 Å². The first-order valence-electron chi connectivity index (χ1n) is 3.18. The van der Waals surface area contributed by atoms with E-state index < -0.39 is 9.92 Å². The van der Waals surface area contributed by atoms with Gasteiger partial charge in [-0.1, -0.05) is 6.92 Å². The van der Waals surface area contributed by atoms with E-state index in [1.165, 1.54) is 0 Å². The van der Waals surface area contributed by atoms with E-state index in [0.717, 1.165) is 19.5 Å². The molecule has 1 N–H and O–H groups in total. The maximum absolute atomic E-state index is 11.1. The minimum atomic E-state index is -2.30. The summed E-state index contributed by atoms with van der Waals surface area (Å²) in [5.74, 6) is 0.570. The first-order valence-corrected chi connectivity index (χ1v) is 4.87. The Bertz CT molecular complexity index is 185. The van der Waals surface area contributed by atoms with E-state index in [4.69, 9.17) is 4.78 Å². The number of nitrogens with zero attached hydrogens (tertiary/aromatic N) is 1. The van der Waals surface area contributed by atoms with Crippen molar-refractivity contribution in [1.29, 1.82) is 4.78 Å². The van der Waals surface area contributed by atoms with Gasteiger partial charge >= 0.3 is 0 Å². The summed E-state index contributed by atoms with van der Waals surface area (Å²) in [5.41, 5.74) is 0. The van der Waals surface area contributed by atoms with E-state index in [2.05, 4.69) is 0 Å². The average molecular weight is 148 g/mol. The number of nitrogens with one attached hydrogen (secondary N) is 1. The van der Waals surface area contributed by atoms with Gasteiger partial charge in [-0.2, -0.15) is 0 Å². The van der Waals surface area contributed by atoms with Crippen molar-refractivity contribution < 1.29 is 4.21 Å². The monoisotopic (exact) mass is 148 g/mol. The molecule has 4 heteroatoms. The molecule has 1 saturated heterocycles. The fourth-order valence-corrected chi connectivity index (χ4v) is 2.70. The lowest BCUT2D eigenvalue weighted by atomic mass is 10.5. The van der Waals surface area contributed by atoms with Gasteiger partial charge < -0.3 is 0 Å². The van der Waals surface area contributed by atoms with Crippen LogP contribution in [-0.2, 0) is 9.92 Å². The zero-order valence-electron chi connectivity index (χ0n) is 5.59. The fraction of sp³-hybridized carbons (Fsp3) is 1.00. The summed E-state index contributed by atoms with van der Waals surface area (Å²) in [5, 5.41) is 0. The third kappa shape index (κ3) is 1.24. The van der Waals surface area contributed by atoms with E-state index in [-0.39, 0.29) is 0 Å². The molecule has 9 heavy (non-hydrogen) atoms. The first-order chi connectivity index (χ1) is 4.17. The van der Waals surface area contributed by atoms with Crippen LogP contribution in [0.1, 0.15) is 13.3 Å². The molecule has 1 fully saturated rings. The van der Waals surface area contributed by atoms with Gasteiger partial charge in [-0.05, 0) is 6.42 Å². The Morgan fingerprint density at radius 1 is 1.78 bits per heavy atom. The van der Waals surface area contributed by atoms with Crippen molar-refractivity contribution in [2.75, 3.05) is 18.8 Å². The Morgan fingerprint density at radius 3 is 2.67 bits per heavy atom. The summed E-state index contributed by atoms with van der Waals surface area (Å²) in [6.45, 7) is 3.54. The molecule has 1 heterocycles. The Morgan fingerprint density at radius 2 is 2.44 bits per heavy atom. The van der Waals surface area contributed by atoms with Crippen LogP contribution in [0.25, 0.3) is 0 Å². The molecule has 0 aromatic heterocycles. The van der Waals surface area contributed by atoms with Gasteiger partial charge in [-0.3, -0.25) is 0 Å². The van der Waals surface area contributed by atoms with Gasteiger partial charge in [-0.25, -0.2) is 13.3 Å². The lowest BCUT2D eigenvalue weighted by molar-refractivity contribution is 0.492. The minimum absolute atomic E-state index is 0.570. The van der Waals surface area contributed by atoms with Crippen molar-refractivity contribution in [1.82, 2.24) is 4.31 Å². The van der Waals surface area contributed by atoms with Crippen molar-refractivity contribution in [3.63, 3.8) is 0 Å². The van der Waals surface area contributed by atoms with Crippen molar-refractivity contribution in [3.05, 3.63) is 0 Å². The summed E-state index contributed by atoms with van der Waals surface area (Å²) in [6.07, 6.45) is 0.927. The highest BCUT2D eigenvalue weighted by atomic mass is 32.2. The summed E-state index contributed by atoms with van der Waals surface area (Å²) >= 11 is 0. The fourth-order valence-electron chi connectivity index (χ4n) is 1.08. The van der Waals surface area contributed by atoms with Crippen molar-refractivity contribution in [2.24, 2.45) is 0 Å². The average Bonchev–Trinajstić information content (AvgIpc) is 2.08. The zero-order chi connectivity index (χ0) is 6.91. The standard InChI is InChI=1S/C5H12N2OS/c1-2-7-4-3-5-9(7,6)8/h6H,2-5H2,1H3. The van der Waals surface area contributed by atoms with Crippen molar-refractivity contribution in [3.8, 4) is 0 Å². The van der Waals surface area contributed by atoms with Crippen LogP contribution in [0, 0.1) is 4.78 Å². The van der Waals surface area contributed by atoms with E-state index >= 15 is 0 Å². The van der Waals surface area contributed by atoms with Crippen LogP contribution in [-0.4, -0.2) is 27.4 Å². The van der Waals surface area contributed by atoms with Crippen LogP contribution in [0.3, 0.4) is 0 Å². The maximum Gasteiger partial charge on any atom is 0.107 e. The summed E-state index contributed by atoms with van der Waals surface area (Å²) in [4.78, 5) is 0. The molecule has 3 nitrogen and oxygen atoms in total. The van der Waals surface area contributed by atoms with E-state index in [9.17, 15) is 4.21 Å². The Kier molecular flexibility index (Phi) is 1.77. The molecular weight excluding hydrogens is 136 g/mol. The molecule has 0 saturated carbocycles. The molecule has 0 radical (unpaired) electrons. The zero-order valence-corrected chi connectivity index (χ0v) is 6.41. The third-order valence-corrected chi connectivity index (χ3v) is 3.72. The lowest BCUT2D eigenvalue weighted by Gasteiger charge is -2.12. The molecule has 54 valence electrons. The van der Waals surface area contributed by atoms with Crippen molar-refractivity contribution in [2.45, 2.75) is 13.3 Å². The maximum atomic E-state index is 11.1. The van der Waals surface area contributed by atoms with Gasteiger partial charge in [0.1, 0.15) is 9.92 Å². The Hall–Kier alpha value is -0.0900. The van der Waals surface area contributed by atoms with Gasteiger partial charge in [-0.15, -0.1) is 0 Å². The predicted molar refractivity (Wildman–Crippen MR) is 37.6 cm³/mol.